The molecule has 0 saturated carbocycles. The highest BCUT2D eigenvalue weighted by atomic mass is 32.2. The molecule has 114 valence electrons. The second kappa shape index (κ2) is 6.52. The SMILES string of the molecule is CC[C@@H](c1ccccc1)[S@](=O)Cc1nnc(C(C)(C)C)o1. The maximum Gasteiger partial charge on any atom is 0.229 e. The zero-order valence-electron chi connectivity index (χ0n) is 13.0. The van der Waals surface area contributed by atoms with Gasteiger partial charge in [0.15, 0.2) is 0 Å². The first kappa shape index (κ1) is 15.9. The molecule has 4 nitrogen and oxygen atoms in total. The van der Waals surface area contributed by atoms with E-state index < -0.39 is 10.8 Å². The third-order valence-corrected chi connectivity index (χ3v) is 5.01. The summed E-state index contributed by atoms with van der Waals surface area (Å²) in [6.07, 6.45) is 0.816. The molecule has 2 aromatic rings. The van der Waals surface area contributed by atoms with Crippen LogP contribution in [0.2, 0.25) is 0 Å². The van der Waals surface area contributed by atoms with Gasteiger partial charge in [-0.3, -0.25) is 4.21 Å². The van der Waals surface area contributed by atoms with Crippen molar-refractivity contribution in [3.05, 3.63) is 47.7 Å². The van der Waals surface area contributed by atoms with Crippen molar-refractivity contribution in [2.75, 3.05) is 0 Å². The summed E-state index contributed by atoms with van der Waals surface area (Å²) in [4.78, 5) is 0. The number of hydrogen-bond donors (Lipinski definition) is 0. The van der Waals surface area contributed by atoms with Gasteiger partial charge in [-0.15, -0.1) is 10.2 Å². The first-order valence-electron chi connectivity index (χ1n) is 7.16. The topological polar surface area (TPSA) is 56.0 Å². The number of aromatic nitrogens is 2. The van der Waals surface area contributed by atoms with Crippen LogP contribution in [0.5, 0.6) is 0 Å². The Kier molecular flexibility index (Phi) is 4.93. The predicted octanol–water partition coefficient (Wildman–Crippen LogP) is 3.77. The van der Waals surface area contributed by atoms with Gasteiger partial charge in [-0.05, 0) is 12.0 Å². The quantitative estimate of drug-likeness (QED) is 0.844. The number of rotatable bonds is 5. The molecule has 21 heavy (non-hydrogen) atoms. The van der Waals surface area contributed by atoms with E-state index in [1.165, 1.54) is 0 Å². The molecule has 0 unspecified atom stereocenters. The normalized spacial score (nSPS) is 14.9. The van der Waals surface area contributed by atoms with Crippen LogP contribution in [-0.2, 0) is 22.0 Å². The van der Waals surface area contributed by atoms with Crippen LogP contribution in [0.25, 0.3) is 0 Å². The first-order chi connectivity index (χ1) is 9.91. The molecule has 1 heterocycles. The van der Waals surface area contributed by atoms with Gasteiger partial charge in [0.2, 0.25) is 11.8 Å². The van der Waals surface area contributed by atoms with E-state index in [4.69, 9.17) is 4.42 Å². The summed E-state index contributed by atoms with van der Waals surface area (Å²) in [7, 11) is -1.07. The molecule has 0 aliphatic rings. The van der Waals surface area contributed by atoms with Crippen LogP contribution in [-0.4, -0.2) is 14.4 Å². The fourth-order valence-electron chi connectivity index (χ4n) is 2.08. The Morgan fingerprint density at radius 3 is 2.38 bits per heavy atom. The van der Waals surface area contributed by atoms with Crippen molar-refractivity contribution >= 4 is 10.8 Å². The Hall–Kier alpha value is -1.49. The lowest BCUT2D eigenvalue weighted by molar-refractivity contribution is 0.378. The maximum atomic E-state index is 12.6. The van der Waals surface area contributed by atoms with Crippen molar-refractivity contribution in [3.8, 4) is 0 Å². The molecule has 0 amide bonds. The van der Waals surface area contributed by atoms with Crippen molar-refractivity contribution < 1.29 is 8.63 Å². The molecule has 0 spiro atoms. The van der Waals surface area contributed by atoms with Gasteiger partial charge in [-0.2, -0.15) is 0 Å². The summed E-state index contributed by atoms with van der Waals surface area (Å²) < 4.78 is 18.2. The number of hydrogen-bond acceptors (Lipinski definition) is 4. The van der Waals surface area contributed by atoms with E-state index in [1.807, 2.05) is 58.0 Å². The molecule has 2 rings (SSSR count). The lowest BCUT2D eigenvalue weighted by Gasteiger charge is -2.14. The van der Waals surface area contributed by atoms with Crippen LogP contribution in [0.1, 0.15) is 56.7 Å². The molecule has 5 heteroatoms. The minimum absolute atomic E-state index is 0.00353. The van der Waals surface area contributed by atoms with E-state index in [1.54, 1.807) is 0 Å². The van der Waals surface area contributed by atoms with Crippen LogP contribution in [0.15, 0.2) is 34.7 Å². The van der Waals surface area contributed by atoms with Crippen LogP contribution in [0.4, 0.5) is 0 Å². The van der Waals surface area contributed by atoms with Gasteiger partial charge < -0.3 is 4.42 Å². The summed E-state index contributed by atoms with van der Waals surface area (Å²) in [5, 5.41) is 8.07. The van der Waals surface area contributed by atoms with E-state index in [9.17, 15) is 4.21 Å². The van der Waals surface area contributed by atoms with Gasteiger partial charge in [0.25, 0.3) is 0 Å². The van der Waals surface area contributed by atoms with Crippen LogP contribution >= 0.6 is 0 Å². The Bertz CT molecular complexity index is 602. The molecule has 0 bridgehead atoms. The van der Waals surface area contributed by atoms with Gasteiger partial charge >= 0.3 is 0 Å². The minimum Gasteiger partial charge on any atom is -0.424 e. The van der Waals surface area contributed by atoms with Crippen molar-refractivity contribution in [3.63, 3.8) is 0 Å². The Morgan fingerprint density at radius 2 is 1.86 bits per heavy atom. The zero-order chi connectivity index (χ0) is 15.5. The van der Waals surface area contributed by atoms with E-state index in [0.717, 1.165) is 12.0 Å². The Labute approximate surface area is 128 Å². The lowest BCUT2D eigenvalue weighted by atomic mass is 9.97. The lowest BCUT2D eigenvalue weighted by Crippen LogP contribution is -2.11. The largest absolute Gasteiger partial charge is 0.424 e. The average molecular weight is 306 g/mol. The minimum atomic E-state index is -1.07. The summed E-state index contributed by atoms with van der Waals surface area (Å²) in [6.45, 7) is 8.09. The highest BCUT2D eigenvalue weighted by molar-refractivity contribution is 7.84. The van der Waals surface area contributed by atoms with E-state index in [2.05, 4.69) is 10.2 Å². The molecule has 0 saturated heterocycles. The van der Waals surface area contributed by atoms with Gasteiger partial charge in [-0.25, -0.2) is 0 Å². The molecule has 1 aromatic heterocycles. The predicted molar refractivity (Wildman–Crippen MR) is 84.3 cm³/mol. The second-order valence-corrected chi connectivity index (χ2v) is 7.70. The third kappa shape index (κ3) is 4.00. The molecular formula is C16H22N2O2S. The first-order valence-corrected chi connectivity index (χ1v) is 8.55. The Morgan fingerprint density at radius 1 is 1.19 bits per heavy atom. The van der Waals surface area contributed by atoms with E-state index in [-0.39, 0.29) is 10.7 Å². The van der Waals surface area contributed by atoms with Crippen molar-refractivity contribution in [1.29, 1.82) is 0 Å². The van der Waals surface area contributed by atoms with Gasteiger partial charge in [0.1, 0.15) is 5.75 Å². The van der Waals surface area contributed by atoms with Gasteiger partial charge in [-0.1, -0.05) is 58.0 Å². The summed E-state index contributed by atoms with van der Waals surface area (Å²) in [6, 6.07) is 9.94. The molecule has 0 aliphatic heterocycles. The fourth-order valence-corrected chi connectivity index (χ4v) is 3.47. The highest BCUT2D eigenvalue weighted by Gasteiger charge is 2.24. The van der Waals surface area contributed by atoms with E-state index >= 15 is 0 Å². The molecule has 0 radical (unpaired) electrons. The zero-order valence-corrected chi connectivity index (χ0v) is 13.8. The average Bonchev–Trinajstić information content (AvgIpc) is 2.89. The van der Waals surface area contributed by atoms with E-state index in [0.29, 0.717) is 17.5 Å². The maximum absolute atomic E-state index is 12.6. The highest BCUT2D eigenvalue weighted by Crippen LogP contribution is 2.26. The standard InChI is InChI=1S/C16H22N2O2S/c1-5-13(12-9-7-6-8-10-12)21(19)11-14-17-18-15(20-14)16(2,3)4/h6-10,13H,5,11H2,1-4H3/t13-,21+/m0/s1. The van der Waals surface area contributed by atoms with Crippen LogP contribution in [0.3, 0.4) is 0 Å². The van der Waals surface area contributed by atoms with Crippen molar-refractivity contribution in [1.82, 2.24) is 10.2 Å². The van der Waals surface area contributed by atoms with Crippen LogP contribution in [0, 0.1) is 0 Å². The third-order valence-electron chi connectivity index (χ3n) is 3.23. The molecule has 0 N–H and O–H groups in total. The number of benzene rings is 1. The van der Waals surface area contributed by atoms with Gasteiger partial charge in [0.05, 0.1) is 5.25 Å². The van der Waals surface area contributed by atoms with Crippen molar-refractivity contribution in [2.24, 2.45) is 0 Å². The second-order valence-electron chi connectivity index (χ2n) is 6.08. The smallest absolute Gasteiger partial charge is 0.229 e. The summed E-state index contributed by atoms with van der Waals surface area (Å²) >= 11 is 0. The van der Waals surface area contributed by atoms with Crippen molar-refractivity contribution in [2.45, 2.75) is 50.5 Å². The van der Waals surface area contributed by atoms with Crippen LogP contribution < -0.4 is 0 Å². The fraction of sp³-hybridized carbons (Fsp3) is 0.500. The summed E-state index contributed by atoms with van der Waals surface area (Å²) in [5.74, 6) is 1.34. The summed E-state index contributed by atoms with van der Waals surface area (Å²) in [5.41, 5.74) is 0.907. The molecule has 0 aliphatic carbocycles. The monoisotopic (exact) mass is 306 g/mol. The Balaban J connectivity index is 2.11. The van der Waals surface area contributed by atoms with Gasteiger partial charge in [0, 0.05) is 16.2 Å². The molecule has 0 fully saturated rings. The molecule has 2 atom stereocenters. The number of nitrogens with zero attached hydrogens (tertiary/aromatic N) is 2. The molecular weight excluding hydrogens is 284 g/mol. The molecule has 1 aromatic carbocycles.